The van der Waals surface area contributed by atoms with Gasteiger partial charge in [0.1, 0.15) is 0 Å². The van der Waals surface area contributed by atoms with E-state index in [1.54, 1.807) is 0 Å². The van der Waals surface area contributed by atoms with Gasteiger partial charge in [0.2, 0.25) is 10.0 Å². The van der Waals surface area contributed by atoms with E-state index in [1.165, 1.54) is 0 Å². The largest absolute Gasteiger partial charge is 0.212 e. The van der Waals surface area contributed by atoms with Crippen LogP contribution in [0.2, 0.25) is 0 Å². The van der Waals surface area contributed by atoms with Crippen molar-refractivity contribution in [3.05, 3.63) is 0 Å². The molecule has 0 fully saturated rings. The second-order valence-corrected chi connectivity index (χ2v) is 6.80. The number of halogens is 1. The van der Waals surface area contributed by atoms with E-state index in [9.17, 15) is 8.42 Å². The van der Waals surface area contributed by atoms with Crippen molar-refractivity contribution < 1.29 is 8.42 Å². The van der Waals surface area contributed by atoms with Gasteiger partial charge < -0.3 is 0 Å². The highest BCUT2D eigenvalue weighted by Crippen LogP contribution is 2.07. The molecular formula is C10H22ClNO2S. The minimum Gasteiger partial charge on any atom is -0.212 e. The first-order valence-electron chi connectivity index (χ1n) is 5.32. The van der Waals surface area contributed by atoms with Gasteiger partial charge in [0.15, 0.2) is 0 Å². The van der Waals surface area contributed by atoms with Crippen LogP contribution < -0.4 is 4.72 Å². The minimum atomic E-state index is -3.17. The van der Waals surface area contributed by atoms with Gasteiger partial charge in [-0.1, -0.05) is 20.8 Å². The first kappa shape index (κ1) is 15.2. The maximum absolute atomic E-state index is 11.6. The second kappa shape index (κ2) is 6.71. The molecule has 0 amide bonds. The van der Waals surface area contributed by atoms with Gasteiger partial charge in [0, 0.05) is 11.9 Å². The van der Waals surface area contributed by atoms with E-state index >= 15 is 0 Å². The van der Waals surface area contributed by atoms with Crippen LogP contribution in [0.25, 0.3) is 0 Å². The average molecular weight is 256 g/mol. The summed E-state index contributed by atoms with van der Waals surface area (Å²) in [6.07, 6.45) is 0.856. The summed E-state index contributed by atoms with van der Waals surface area (Å²) < 4.78 is 25.9. The van der Waals surface area contributed by atoms with Gasteiger partial charge >= 0.3 is 0 Å². The Morgan fingerprint density at radius 3 is 2.13 bits per heavy atom. The first-order chi connectivity index (χ1) is 6.76. The molecule has 15 heavy (non-hydrogen) atoms. The van der Waals surface area contributed by atoms with E-state index in [2.05, 4.69) is 18.6 Å². The first-order valence-corrected chi connectivity index (χ1v) is 7.51. The van der Waals surface area contributed by atoms with Gasteiger partial charge in [-0.05, 0) is 25.2 Å². The quantitative estimate of drug-likeness (QED) is 0.709. The predicted molar refractivity (Wildman–Crippen MR) is 65.7 cm³/mol. The Morgan fingerprint density at radius 2 is 1.73 bits per heavy atom. The zero-order valence-electron chi connectivity index (χ0n) is 9.96. The van der Waals surface area contributed by atoms with Crippen molar-refractivity contribution in [2.45, 2.75) is 40.2 Å². The Balaban J connectivity index is 4.14. The van der Waals surface area contributed by atoms with Crippen molar-refractivity contribution >= 4 is 21.6 Å². The average Bonchev–Trinajstić information content (AvgIpc) is 1.99. The van der Waals surface area contributed by atoms with Crippen LogP contribution in [0.4, 0.5) is 0 Å². The summed E-state index contributed by atoms with van der Waals surface area (Å²) in [6.45, 7) is 7.88. The van der Waals surface area contributed by atoms with Crippen LogP contribution in [-0.4, -0.2) is 26.1 Å². The summed E-state index contributed by atoms with van der Waals surface area (Å²) in [5.41, 5.74) is 0. The molecular weight excluding hydrogens is 234 g/mol. The molecule has 0 bridgehead atoms. The van der Waals surface area contributed by atoms with Gasteiger partial charge in [0.05, 0.1) is 5.75 Å². The van der Waals surface area contributed by atoms with Crippen molar-refractivity contribution in [2.75, 3.05) is 11.6 Å². The molecule has 92 valence electrons. The molecule has 5 heteroatoms. The van der Waals surface area contributed by atoms with Crippen molar-refractivity contribution in [3.8, 4) is 0 Å². The fourth-order valence-corrected chi connectivity index (χ4v) is 3.44. The third-order valence-electron chi connectivity index (χ3n) is 1.97. The highest BCUT2D eigenvalue weighted by Gasteiger charge is 2.18. The normalized spacial score (nSPS) is 16.7. The fraction of sp³-hybridized carbons (Fsp3) is 1.00. The lowest BCUT2D eigenvalue weighted by Crippen LogP contribution is -2.36. The number of hydrogen-bond acceptors (Lipinski definition) is 2. The third-order valence-corrected chi connectivity index (χ3v) is 4.27. The predicted octanol–water partition coefficient (Wildman–Crippen LogP) is 2.22. The van der Waals surface area contributed by atoms with Gasteiger partial charge in [-0.3, -0.25) is 0 Å². The van der Waals surface area contributed by atoms with Crippen molar-refractivity contribution in [1.82, 2.24) is 4.72 Å². The van der Waals surface area contributed by atoms with Crippen LogP contribution in [0, 0.1) is 11.8 Å². The molecule has 0 radical (unpaired) electrons. The molecule has 3 nitrogen and oxygen atoms in total. The summed E-state index contributed by atoms with van der Waals surface area (Å²) >= 11 is 5.59. The number of rotatable bonds is 7. The van der Waals surface area contributed by atoms with Crippen LogP contribution in [0.5, 0.6) is 0 Å². The lowest BCUT2D eigenvalue weighted by molar-refractivity contribution is 0.480. The summed E-state index contributed by atoms with van der Waals surface area (Å²) in [7, 11) is -3.17. The van der Waals surface area contributed by atoms with E-state index < -0.39 is 10.0 Å². The Morgan fingerprint density at radius 1 is 1.20 bits per heavy atom. The van der Waals surface area contributed by atoms with Crippen molar-refractivity contribution in [3.63, 3.8) is 0 Å². The Kier molecular flexibility index (Phi) is 6.80. The molecule has 1 N–H and O–H groups in total. The monoisotopic (exact) mass is 255 g/mol. The van der Waals surface area contributed by atoms with Gasteiger partial charge in [0.25, 0.3) is 0 Å². The number of alkyl halides is 1. The van der Waals surface area contributed by atoms with Gasteiger partial charge in [-0.15, -0.1) is 11.6 Å². The fourth-order valence-electron chi connectivity index (χ4n) is 1.53. The standard InChI is InChI=1S/C10H22ClNO2S/c1-8(2)5-10(4)12-15(13,14)7-9(3)6-11/h8-10,12H,5-7H2,1-4H3. The van der Waals surface area contributed by atoms with Crippen LogP contribution in [0.15, 0.2) is 0 Å². The van der Waals surface area contributed by atoms with Gasteiger partial charge in [-0.25, -0.2) is 13.1 Å². The Hall–Kier alpha value is 0.200. The number of nitrogens with one attached hydrogen (secondary N) is 1. The second-order valence-electron chi connectivity index (χ2n) is 4.69. The van der Waals surface area contributed by atoms with E-state index in [0.29, 0.717) is 11.8 Å². The van der Waals surface area contributed by atoms with E-state index in [0.717, 1.165) is 6.42 Å². The van der Waals surface area contributed by atoms with Crippen LogP contribution in [0.1, 0.15) is 34.1 Å². The van der Waals surface area contributed by atoms with Crippen molar-refractivity contribution in [1.29, 1.82) is 0 Å². The van der Waals surface area contributed by atoms with Crippen molar-refractivity contribution in [2.24, 2.45) is 11.8 Å². The zero-order valence-corrected chi connectivity index (χ0v) is 11.5. The summed E-state index contributed by atoms with van der Waals surface area (Å²) in [5.74, 6) is 0.974. The summed E-state index contributed by atoms with van der Waals surface area (Å²) in [4.78, 5) is 0. The maximum Gasteiger partial charge on any atom is 0.212 e. The van der Waals surface area contributed by atoms with Crippen LogP contribution in [-0.2, 0) is 10.0 Å². The number of hydrogen-bond donors (Lipinski definition) is 1. The topological polar surface area (TPSA) is 46.2 Å². The maximum atomic E-state index is 11.6. The summed E-state index contributed by atoms with van der Waals surface area (Å²) in [5, 5.41) is 0. The molecule has 0 saturated carbocycles. The number of sulfonamides is 1. The highest BCUT2D eigenvalue weighted by atomic mass is 35.5. The lowest BCUT2D eigenvalue weighted by Gasteiger charge is -2.17. The molecule has 0 saturated heterocycles. The molecule has 0 heterocycles. The lowest BCUT2D eigenvalue weighted by atomic mass is 10.1. The molecule has 0 aliphatic heterocycles. The van der Waals surface area contributed by atoms with E-state index in [1.807, 2.05) is 13.8 Å². The Bertz CT molecular complexity index is 265. The van der Waals surface area contributed by atoms with Gasteiger partial charge in [-0.2, -0.15) is 0 Å². The Labute approximate surface area is 98.6 Å². The molecule has 0 aliphatic rings. The minimum absolute atomic E-state index is 0.00229. The highest BCUT2D eigenvalue weighted by molar-refractivity contribution is 7.89. The SMILES string of the molecule is CC(C)CC(C)NS(=O)(=O)CC(C)CCl. The summed E-state index contributed by atoms with van der Waals surface area (Å²) in [6, 6.07) is -0.00229. The van der Waals surface area contributed by atoms with Crippen LogP contribution >= 0.6 is 11.6 Å². The molecule has 2 unspecified atom stereocenters. The zero-order chi connectivity index (χ0) is 12.1. The molecule has 0 aromatic carbocycles. The van der Waals surface area contributed by atoms with E-state index in [4.69, 9.17) is 11.6 Å². The molecule has 0 aromatic heterocycles. The molecule has 0 aromatic rings. The molecule has 0 spiro atoms. The third kappa shape index (κ3) is 8.05. The molecule has 0 rings (SSSR count). The molecule has 0 aliphatic carbocycles. The van der Waals surface area contributed by atoms with Crippen LogP contribution in [0.3, 0.4) is 0 Å². The van der Waals surface area contributed by atoms with E-state index in [-0.39, 0.29) is 17.7 Å². The smallest absolute Gasteiger partial charge is 0.212 e. The molecule has 2 atom stereocenters.